The van der Waals surface area contributed by atoms with E-state index in [1.807, 2.05) is 12.1 Å². The lowest BCUT2D eigenvalue weighted by Gasteiger charge is -2.17. The lowest BCUT2D eigenvalue weighted by atomic mass is 9.96. The van der Waals surface area contributed by atoms with Crippen LogP contribution in [0.4, 0.5) is 0 Å². The molecule has 0 saturated heterocycles. The van der Waals surface area contributed by atoms with Crippen molar-refractivity contribution in [2.45, 2.75) is 44.7 Å². The number of carbonyl (C=O) groups excluding carboxylic acids is 1. The van der Waals surface area contributed by atoms with Gasteiger partial charge >= 0.3 is 0 Å². The minimum Gasteiger partial charge on any atom is -0.289 e. The van der Waals surface area contributed by atoms with Crippen LogP contribution in [0.1, 0.15) is 36.9 Å². The number of pyridine rings is 1. The minimum atomic E-state index is -0.274. The predicted octanol–water partition coefficient (Wildman–Crippen LogP) is 1.51. The van der Waals surface area contributed by atoms with Gasteiger partial charge in [0.05, 0.1) is 12.2 Å². The van der Waals surface area contributed by atoms with Gasteiger partial charge in [-0.15, -0.1) is 0 Å². The van der Waals surface area contributed by atoms with Crippen LogP contribution in [0.15, 0.2) is 46.7 Å². The van der Waals surface area contributed by atoms with Crippen molar-refractivity contribution in [2.24, 2.45) is 12.0 Å². The van der Waals surface area contributed by atoms with Crippen LogP contribution < -0.4 is 11.0 Å². The van der Waals surface area contributed by atoms with Gasteiger partial charge in [0, 0.05) is 13.2 Å². The van der Waals surface area contributed by atoms with Crippen LogP contribution >= 0.6 is 0 Å². The topological polar surface area (TPSA) is 87.1 Å². The molecule has 0 amide bonds. The minimum absolute atomic E-state index is 0.0987. The van der Waals surface area contributed by atoms with Crippen LogP contribution in [0, 0.1) is 0 Å². The van der Waals surface area contributed by atoms with E-state index in [1.165, 1.54) is 45.6 Å². The number of fused-ring (bicyclic) bond motifs is 1. The lowest BCUT2D eigenvalue weighted by Crippen LogP contribution is -2.34. The maximum absolute atomic E-state index is 12.9. The molecule has 1 saturated carbocycles. The monoisotopic (exact) mass is 366 g/mol. The summed E-state index contributed by atoms with van der Waals surface area (Å²) in [4.78, 5) is 34.5. The normalized spacial score (nSPS) is 16.1. The molecule has 0 bridgehead atoms. The summed E-state index contributed by atoms with van der Waals surface area (Å²) < 4.78 is 4.38. The van der Waals surface area contributed by atoms with Gasteiger partial charge in [0.1, 0.15) is 23.7 Å². The zero-order chi connectivity index (χ0) is 18.8. The van der Waals surface area contributed by atoms with Gasteiger partial charge in [-0.25, -0.2) is 4.98 Å². The summed E-state index contributed by atoms with van der Waals surface area (Å²) in [5.41, 5.74) is 0.866. The molecule has 0 unspecified atom stereocenters. The summed E-state index contributed by atoms with van der Waals surface area (Å²) >= 11 is 0. The van der Waals surface area contributed by atoms with Crippen molar-refractivity contribution in [3.8, 4) is 0 Å². The molecule has 0 spiro atoms. The summed E-state index contributed by atoms with van der Waals surface area (Å²) in [7, 11) is 1.73. The second-order valence-corrected chi connectivity index (χ2v) is 6.93. The van der Waals surface area contributed by atoms with E-state index in [1.54, 1.807) is 19.3 Å². The van der Waals surface area contributed by atoms with Gasteiger partial charge < -0.3 is 0 Å². The largest absolute Gasteiger partial charge is 0.289 e. The van der Waals surface area contributed by atoms with Crippen LogP contribution in [0.5, 0.6) is 0 Å². The Morgan fingerprint density at radius 3 is 2.89 bits per heavy atom. The highest BCUT2D eigenvalue weighted by molar-refractivity contribution is 5.79. The first-order chi connectivity index (χ1) is 13.1. The van der Waals surface area contributed by atoms with Crippen molar-refractivity contribution >= 4 is 16.9 Å². The Hall–Kier alpha value is -3.03. The fourth-order valence-electron chi connectivity index (χ4n) is 3.55. The van der Waals surface area contributed by atoms with Gasteiger partial charge in [-0.3, -0.25) is 28.4 Å². The molecule has 1 aliphatic rings. The number of aryl methyl sites for hydroxylation is 1. The highest BCUT2D eigenvalue weighted by Crippen LogP contribution is 2.19. The maximum Gasteiger partial charge on any atom is 0.264 e. The van der Waals surface area contributed by atoms with Gasteiger partial charge in [-0.2, -0.15) is 5.10 Å². The summed E-state index contributed by atoms with van der Waals surface area (Å²) in [6, 6.07) is 5.78. The molecule has 3 heterocycles. The molecule has 8 nitrogen and oxygen atoms in total. The molecule has 140 valence electrons. The Bertz CT molecular complexity index is 1100. The molecule has 0 atom stereocenters. The van der Waals surface area contributed by atoms with Crippen molar-refractivity contribution in [2.75, 3.05) is 0 Å². The molecule has 0 N–H and O–H groups in total. The predicted molar refractivity (Wildman–Crippen MR) is 100 cm³/mol. The van der Waals surface area contributed by atoms with Crippen molar-refractivity contribution in [1.82, 2.24) is 23.9 Å². The number of hydrogen-bond acceptors (Lipinski definition) is 5. The molecule has 1 aliphatic carbocycles. The molecule has 3 aromatic rings. The van der Waals surface area contributed by atoms with E-state index in [0.29, 0.717) is 16.5 Å². The Labute approximate surface area is 155 Å². The number of nitrogens with zero attached hydrogens (tertiary/aromatic N) is 6. The van der Waals surface area contributed by atoms with E-state index < -0.39 is 0 Å². The average molecular weight is 366 g/mol. The Morgan fingerprint density at radius 1 is 1.26 bits per heavy atom. The fourth-order valence-corrected chi connectivity index (χ4v) is 3.55. The van der Waals surface area contributed by atoms with Gasteiger partial charge in [0.2, 0.25) is 0 Å². The van der Waals surface area contributed by atoms with Crippen molar-refractivity contribution in [3.05, 3.63) is 52.8 Å². The third-order valence-corrected chi connectivity index (χ3v) is 5.02. The number of rotatable bonds is 3. The Kier molecular flexibility index (Phi) is 4.70. The van der Waals surface area contributed by atoms with Crippen LogP contribution in [-0.4, -0.2) is 35.8 Å². The van der Waals surface area contributed by atoms with Crippen molar-refractivity contribution in [3.63, 3.8) is 0 Å². The zero-order valence-corrected chi connectivity index (χ0v) is 15.3. The van der Waals surface area contributed by atoms with E-state index in [0.717, 1.165) is 12.8 Å². The smallest absolute Gasteiger partial charge is 0.264 e. The molecule has 0 radical (unpaired) electrons. The van der Waals surface area contributed by atoms with E-state index in [2.05, 4.69) is 10.1 Å². The van der Waals surface area contributed by atoms with E-state index >= 15 is 0 Å². The third-order valence-electron chi connectivity index (χ3n) is 5.02. The van der Waals surface area contributed by atoms with Gasteiger partial charge in [0.15, 0.2) is 5.65 Å². The highest BCUT2D eigenvalue weighted by Gasteiger charge is 2.14. The van der Waals surface area contributed by atoms with E-state index in [9.17, 15) is 9.59 Å². The summed E-state index contributed by atoms with van der Waals surface area (Å²) in [5, 5.41) is 4.45. The Morgan fingerprint density at radius 2 is 2.07 bits per heavy atom. The highest BCUT2D eigenvalue weighted by atomic mass is 16.2. The second-order valence-electron chi connectivity index (χ2n) is 6.93. The molecule has 1 fully saturated rings. The summed E-state index contributed by atoms with van der Waals surface area (Å²) in [5.74, 6) is -0.225. The summed E-state index contributed by atoms with van der Waals surface area (Å²) in [6.45, 7) is -0.0987. The third kappa shape index (κ3) is 3.47. The lowest BCUT2D eigenvalue weighted by molar-refractivity contribution is 0.0883. The van der Waals surface area contributed by atoms with E-state index in [-0.39, 0.29) is 24.1 Å². The molecule has 0 aromatic carbocycles. The molecule has 3 aromatic heterocycles. The molecule has 0 aliphatic heterocycles. The van der Waals surface area contributed by atoms with Crippen LogP contribution in [-0.2, 0) is 13.6 Å². The first-order valence-corrected chi connectivity index (χ1v) is 9.25. The zero-order valence-electron chi connectivity index (χ0n) is 15.3. The van der Waals surface area contributed by atoms with Crippen molar-refractivity contribution < 1.29 is 4.79 Å². The SMILES string of the molecule is Cn1ncc2c(=O)n(CC(=O)n3ccccc3=NC3CCCCC3)cnc21. The van der Waals surface area contributed by atoms with Crippen LogP contribution in [0.2, 0.25) is 0 Å². The van der Waals surface area contributed by atoms with Gasteiger partial charge in [0.25, 0.3) is 11.5 Å². The quantitative estimate of drug-likeness (QED) is 0.703. The van der Waals surface area contributed by atoms with Crippen molar-refractivity contribution in [1.29, 1.82) is 0 Å². The maximum atomic E-state index is 12.9. The Balaban J connectivity index is 1.65. The molecular weight excluding hydrogens is 344 g/mol. The number of carbonyl (C=O) groups is 1. The molecular formula is C19H22N6O2. The van der Waals surface area contributed by atoms with Gasteiger partial charge in [-0.05, 0) is 25.0 Å². The fraction of sp³-hybridized carbons (Fsp3) is 0.421. The molecule has 4 rings (SSSR count). The van der Waals surface area contributed by atoms with Crippen LogP contribution in [0.25, 0.3) is 11.0 Å². The van der Waals surface area contributed by atoms with Crippen LogP contribution in [0.3, 0.4) is 0 Å². The number of aromatic nitrogens is 5. The second kappa shape index (κ2) is 7.30. The average Bonchev–Trinajstić information content (AvgIpc) is 3.07. The van der Waals surface area contributed by atoms with E-state index in [4.69, 9.17) is 4.99 Å². The van der Waals surface area contributed by atoms with Gasteiger partial charge in [-0.1, -0.05) is 25.3 Å². The standard InChI is InChI=1S/C19H22N6O2/c1-23-18-15(11-21-23)19(27)24(13-20-18)12-17(26)25-10-6-5-9-16(25)22-14-7-3-2-4-8-14/h5-6,9-11,13-14H,2-4,7-8,12H2,1H3. The first kappa shape index (κ1) is 17.4. The first-order valence-electron chi connectivity index (χ1n) is 9.25. The molecule has 27 heavy (non-hydrogen) atoms. The number of hydrogen-bond donors (Lipinski definition) is 0. The summed E-state index contributed by atoms with van der Waals surface area (Å²) in [6.07, 6.45) is 10.3. The molecule has 8 heteroatoms.